The summed E-state index contributed by atoms with van der Waals surface area (Å²) in [5, 5.41) is 10.5. The van der Waals surface area contributed by atoms with Crippen LogP contribution in [-0.4, -0.2) is 28.3 Å². The summed E-state index contributed by atoms with van der Waals surface area (Å²) in [7, 11) is 0. The van der Waals surface area contributed by atoms with E-state index < -0.39 is 0 Å². The zero-order valence-electron chi connectivity index (χ0n) is 12.2. The molecule has 0 aliphatic carbocycles. The van der Waals surface area contributed by atoms with Crippen LogP contribution in [0, 0.1) is 6.92 Å². The fourth-order valence-corrected chi connectivity index (χ4v) is 2.65. The van der Waals surface area contributed by atoms with Crippen molar-refractivity contribution in [3.8, 4) is 0 Å². The van der Waals surface area contributed by atoms with Gasteiger partial charge in [0.1, 0.15) is 0 Å². The Kier molecular flexibility index (Phi) is 4.01. The number of nitrogens with zero attached hydrogens (tertiary/aromatic N) is 2. The smallest absolute Gasteiger partial charge is 0.237 e. The molecule has 5 heteroatoms. The highest BCUT2D eigenvalue weighted by Crippen LogP contribution is 2.16. The number of carbonyl (C=O) groups is 1. The molecule has 0 unspecified atom stereocenters. The van der Waals surface area contributed by atoms with Gasteiger partial charge in [-0.15, -0.1) is 0 Å². The number of nitrogens with one attached hydrogen (secondary N) is 2. The molecule has 0 saturated heterocycles. The number of aromatic nitrogens is 2. The lowest BCUT2D eigenvalue weighted by molar-refractivity contribution is -0.123. The van der Waals surface area contributed by atoms with E-state index in [0.29, 0.717) is 13.1 Å². The predicted molar refractivity (Wildman–Crippen MR) is 80.7 cm³/mol. The van der Waals surface area contributed by atoms with Crippen LogP contribution >= 0.6 is 0 Å². The summed E-state index contributed by atoms with van der Waals surface area (Å²) in [5.74, 6) is 0.0633. The normalized spacial score (nSPS) is 17.3. The molecule has 1 aliphatic heterocycles. The Morgan fingerprint density at radius 2 is 2.24 bits per heavy atom. The fourth-order valence-electron chi connectivity index (χ4n) is 2.65. The number of hydrogen-bond donors (Lipinski definition) is 2. The average Bonchev–Trinajstić information content (AvgIpc) is 2.92. The van der Waals surface area contributed by atoms with Gasteiger partial charge >= 0.3 is 0 Å². The van der Waals surface area contributed by atoms with E-state index in [4.69, 9.17) is 0 Å². The molecule has 3 rings (SSSR count). The van der Waals surface area contributed by atoms with Gasteiger partial charge in [0.15, 0.2) is 0 Å². The van der Waals surface area contributed by atoms with Crippen LogP contribution in [0.5, 0.6) is 0 Å². The monoisotopic (exact) mass is 284 g/mol. The van der Waals surface area contributed by atoms with E-state index in [1.54, 1.807) is 0 Å². The van der Waals surface area contributed by atoms with Gasteiger partial charge in [-0.25, -0.2) is 0 Å². The van der Waals surface area contributed by atoms with Crippen LogP contribution in [0.1, 0.15) is 16.7 Å². The first-order valence-electron chi connectivity index (χ1n) is 7.29. The van der Waals surface area contributed by atoms with Crippen molar-refractivity contribution >= 4 is 5.91 Å². The fraction of sp³-hybridized carbons (Fsp3) is 0.375. The number of rotatable bonds is 4. The Labute approximate surface area is 124 Å². The van der Waals surface area contributed by atoms with Gasteiger partial charge in [0.25, 0.3) is 0 Å². The standard InChI is InChI=1S/C16H20N4O/c1-12-9-19-20(11-12)7-6-17-16(21)15-8-13-4-2-3-5-14(13)10-18-15/h2-5,9,11,15,18H,6-8,10H2,1H3,(H,17,21)/t15-/m0/s1. The molecule has 1 atom stereocenters. The topological polar surface area (TPSA) is 59.0 Å². The first kappa shape index (κ1) is 13.8. The lowest BCUT2D eigenvalue weighted by Gasteiger charge is -2.25. The summed E-state index contributed by atoms with van der Waals surface area (Å²) in [6, 6.07) is 8.13. The minimum absolute atomic E-state index is 0.0633. The molecule has 1 aliphatic rings. The molecular formula is C16H20N4O. The van der Waals surface area contributed by atoms with E-state index in [2.05, 4.69) is 27.9 Å². The SMILES string of the molecule is Cc1cnn(CCNC(=O)[C@@H]2Cc3ccccc3CN2)c1. The van der Waals surface area contributed by atoms with Crippen molar-refractivity contribution in [2.24, 2.45) is 0 Å². The molecule has 5 nitrogen and oxygen atoms in total. The van der Waals surface area contributed by atoms with Crippen molar-refractivity contribution < 1.29 is 4.79 Å². The molecule has 0 fully saturated rings. The summed E-state index contributed by atoms with van der Waals surface area (Å²) < 4.78 is 1.85. The molecule has 1 aromatic carbocycles. The van der Waals surface area contributed by atoms with Crippen LogP contribution in [0.25, 0.3) is 0 Å². The third-order valence-corrected chi connectivity index (χ3v) is 3.80. The summed E-state index contributed by atoms with van der Waals surface area (Å²) in [6.07, 6.45) is 4.55. The molecule has 2 aromatic rings. The van der Waals surface area contributed by atoms with E-state index >= 15 is 0 Å². The molecule has 1 aromatic heterocycles. The van der Waals surface area contributed by atoms with Gasteiger partial charge in [0.05, 0.1) is 18.8 Å². The Bertz CT molecular complexity index is 635. The summed E-state index contributed by atoms with van der Waals surface area (Å²) in [4.78, 5) is 12.2. The highest BCUT2D eigenvalue weighted by Gasteiger charge is 2.23. The first-order valence-corrected chi connectivity index (χ1v) is 7.29. The second-order valence-corrected chi connectivity index (χ2v) is 5.48. The van der Waals surface area contributed by atoms with E-state index in [1.165, 1.54) is 11.1 Å². The molecule has 110 valence electrons. The third-order valence-electron chi connectivity index (χ3n) is 3.80. The first-order chi connectivity index (χ1) is 10.2. The largest absolute Gasteiger partial charge is 0.353 e. The molecule has 0 radical (unpaired) electrons. The number of aryl methyl sites for hydroxylation is 1. The summed E-state index contributed by atoms with van der Waals surface area (Å²) in [5.41, 5.74) is 3.68. The Morgan fingerprint density at radius 3 is 3.00 bits per heavy atom. The number of benzene rings is 1. The minimum Gasteiger partial charge on any atom is -0.353 e. The van der Waals surface area contributed by atoms with Crippen LogP contribution < -0.4 is 10.6 Å². The molecule has 2 heterocycles. The lowest BCUT2D eigenvalue weighted by Crippen LogP contribution is -2.48. The van der Waals surface area contributed by atoms with Crippen LogP contribution in [0.4, 0.5) is 0 Å². The molecule has 21 heavy (non-hydrogen) atoms. The lowest BCUT2D eigenvalue weighted by atomic mass is 9.95. The number of hydrogen-bond acceptors (Lipinski definition) is 3. The van der Waals surface area contributed by atoms with E-state index in [1.807, 2.05) is 36.1 Å². The van der Waals surface area contributed by atoms with Gasteiger partial charge in [-0.3, -0.25) is 9.48 Å². The second-order valence-electron chi connectivity index (χ2n) is 5.48. The average molecular weight is 284 g/mol. The van der Waals surface area contributed by atoms with Crippen LogP contribution in [0.2, 0.25) is 0 Å². The highest BCUT2D eigenvalue weighted by atomic mass is 16.2. The Hall–Kier alpha value is -2.14. The van der Waals surface area contributed by atoms with Crippen LogP contribution in [0.15, 0.2) is 36.7 Å². The van der Waals surface area contributed by atoms with Crippen molar-refractivity contribution in [2.45, 2.75) is 32.5 Å². The van der Waals surface area contributed by atoms with Crippen molar-refractivity contribution in [3.63, 3.8) is 0 Å². The number of carbonyl (C=O) groups excluding carboxylic acids is 1. The third kappa shape index (κ3) is 3.31. The van der Waals surface area contributed by atoms with Gasteiger partial charge in [-0.1, -0.05) is 24.3 Å². The van der Waals surface area contributed by atoms with Crippen molar-refractivity contribution in [2.75, 3.05) is 6.54 Å². The number of fused-ring (bicyclic) bond motifs is 1. The maximum Gasteiger partial charge on any atom is 0.237 e. The van der Waals surface area contributed by atoms with Crippen molar-refractivity contribution in [1.29, 1.82) is 0 Å². The number of amides is 1. The Morgan fingerprint density at radius 1 is 1.43 bits per heavy atom. The molecule has 2 N–H and O–H groups in total. The maximum atomic E-state index is 12.2. The zero-order valence-corrected chi connectivity index (χ0v) is 12.2. The summed E-state index contributed by atoms with van der Waals surface area (Å²) in [6.45, 7) is 4.06. The van der Waals surface area contributed by atoms with E-state index in [9.17, 15) is 4.79 Å². The molecule has 0 spiro atoms. The second kappa shape index (κ2) is 6.10. The van der Waals surface area contributed by atoms with Gasteiger partial charge in [0.2, 0.25) is 5.91 Å². The van der Waals surface area contributed by atoms with Gasteiger partial charge < -0.3 is 10.6 Å². The van der Waals surface area contributed by atoms with Crippen molar-refractivity contribution in [3.05, 3.63) is 53.3 Å². The van der Waals surface area contributed by atoms with Crippen LogP contribution in [0.3, 0.4) is 0 Å². The minimum atomic E-state index is -0.140. The maximum absolute atomic E-state index is 12.2. The molecule has 0 saturated carbocycles. The van der Waals surface area contributed by atoms with Gasteiger partial charge in [-0.2, -0.15) is 5.10 Å². The summed E-state index contributed by atoms with van der Waals surface area (Å²) >= 11 is 0. The highest BCUT2D eigenvalue weighted by molar-refractivity contribution is 5.82. The molecular weight excluding hydrogens is 264 g/mol. The quantitative estimate of drug-likeness (QED) is 0.881. The van der Waals surface area contributed by atoms with Gasteiger partial charge in [-0.05, 0) is 30.0 Å². The molecule has 1 amide bonds. The van der Waals surface area contributed by atoms with E-state index in [-0.39, 0.29) is 11.9 Å². The zero-order chi connectivity index (χ0) is 14.7. The van der Waals surface area contributed by atoms with Gasteiger partial charge in [0, 0.05) is 19.3 Å². The van der Waals surface area contributed by atoms with E-state index in [0.717, 1.165) is 18.5 Å². The molecule has 0 bridgehead atoms. The predicted octanol–water partition coefficient (Wildman–Crippen LogP) is 1.02. The van der Waals surface area contributed by atoms with Crippen LogP contribution in [-0.2, 0) is 24.3 Å². The van der Waals surface area contributed by atoms with Crippen molar-refractivity contribution in [1.82, 2.24) is 20.4 Å². The Balaban J connectivity index is 1.50.